The molecule has 1 heterocycles. The predicted octanol–water partition coefficient (Wildman–Crippen LogP) is 3.83. The first-order chi connectivity index (χ1) is 9.47. The van der Waals surface area contributed by atoms with E-state index >= 15 is 0 Å². The van der Waals surface area contributed by atoms with Crippen LogP contribution in [-0.2, 0) is 6.54 Å². The van der Waals surface area contributed by atoms with Crippen LogP contribution < -0.4 is 5.32 Å². The van der Waals surface area contributed by atoms with E-state index < -0.39 is 9.85 Å². The number of anilines is 1. The molecule has 7 nitrogen and oxygen atoms in total. The van der Waals surface area contributed by atoms with E-state index in [1.165, 1.54) is 18.2 Å². The minimum Gasteiger partial charge on any atom is -0.381 e. The molecule has 0 aliphatic rings. The summed E-state index contributed by atoms with van der Waals surface area (Å²) in [4.78, 5) is 20.3. The monoisotopic (exact) mass is 313 g/mol. The number of nitro groups is 2. The van der Waals surface area contributed by atoms with E-state index in [-0.39, 0.29) is 15.7 Å². The van der Waals surface area contributed by atoms with E-state index in [1.807, 2.05) is 0 Å². The second-order valence-electron chi connectivity index (χ2n) is 3.83. The quantitative estimate of drug-likeness (QED) is 0.668. The number of hydrogen-bond acceptors (Lipinski definition) is 6. The van der Waals surface area contributed by atoms with Crippen LogP contribution in [0.2, 0.25) is 5.02 Å². The van der Waals surface area contributed by atoms with Gasteiger partial charge in [-0.2, -0.15) is 0 Å². The minimum atomic E-state index is -0.567. The lowest BCUT2D eigenvalue weighted by atomic mass is 10.2. The molecule has 104 valence electrons. The zero-order valence-corrected chi connectivity index (χ0v) is 11.5. The Labute approximate surface area is 122 Å². The third-order valence-corrected chi connectivity index (χ3v) is 3.71. The van der Waals surface area contributed by atoms with Crippen molar-refractivity contribution in [3.63, 3.8) is 0 Å². The Morgan fingerprint density at radius 3 is 2.55 bits per heavy atom. The normalized spacial score (nSPS) is 10.2. The van der Waals surface area contributed by atoms with Gasteiger partial charge in [-0.15, -0.1) is 0 Å². The maximum atomic E-state index is 10.7. The standard InChI is InChI=1S/C11H8ClN3O4S/c12-9-2-1-8(4-10(9)14(16)17)13-5-7-3-11(15(18)19)20-6-7/h1-4,6,13H,5H2. The molecular weight excluding hydrogens is 306 g/mol. The van der Waals surface area contributed by atoms with E-state index in [1.54, 1.807) is 11.4 Å². The van der Waals surface area contributed by atoms with Crippen LogP contribution in [0.25, 0.3) is 0 Å². The van der Waals surface area contributed by atoms with Gasteiger partial charge in [0.1, 0.15) is 5.02 Å². The van der Waals surface area contributed by atoms with E-state index in [4.69, 9.17) is 11.6 Å². The van der Waals surface area contributed by atoms with Gasteiger partial charge >= 0.3 is 5.00 Å². The number of hydrogen-bond donors (Lipinski definition) is 1. The first-order valence-corrected chi connectivity index (χ1v) is 6.63. The highest BCUT2D eigenvalue weighted by molar-refractivity contribution is 7.13. The second-order valence-corrected chi connectivity index (χ2v) is 5.12. The van der Waals surface area contributed by atoms with Crippen LogP contribution in [0.1, 0.15) is 5.56 Å². The number of rotatable bonds is 5. The molecule has 1 aromatic heterocycles. The van der Waals surface area contributed by atoms with Crippen LogP contribution >= 0.6 is 22.9 Å². The Hall–Kier alpha value is -2.19. The lowest BCUT2D eigenvalue weighted by Crippen LogP contribution is -1.99. The highest BCUT2D eigenvalue weighted by atomic mass is 35.5. The summed E-state index contributed by atoms with van der Waals surface area (Å²) in [5, 5.41) is 26.0. The number of benzene rings is 1. The van der Waals surface area contributed by atoms with Crippen molar-refractivity contribution in [2.45, 2.75) is 6.54 Å². The van der Waals surface area contributed by atoms with Crippen LogP contribution in [0.5, 0.6) is 0 Å². The van der Waals surface area contributed by atoms with Gasteiger partial charge in [-0.3, -0.25) is 20.2 Å². The molecule has 0 aliphatic carbocycles. The molecule has 0 spiro atoms. The molecule has 2 aromatic rings. The summed E-state index contributed by atoms with van der Waals surface area (Å²) in [5.41, 5.74) is 1.07. The van der Waals surface area contributed by atoms with Gasteiger partial charge in [0, 0.05) is 29.7 Å². The lowest BCUT2D eigenvalue weighted by Gasteiger charge is -2.05. The fraction of sp³-hybridized carbons (Fsp3) is 0.0909. The third-order valence-electron chi connectivity index (χ3n) is 2.46. The van der Waals surface area contributed by atoms with E-state index in [2.05, 4.69) is 5.32 Å². The highest BCUT2D eigenvalue weighted by Crippen LogP contribution is 2.28. The SMILES string of the molecule is O=[N+]([O-])c1cc(CNc2ccc(Cl)c([N+](=O)[O-])c2)cs1. The van der Waals surface area contributed by atoms with Crippen LogP contribution in [0.4, 0.5) is 16.4 Å². The Morgan fingerprint density at radius 2 is 1.95 bits per heavy atom. The number of nitrogens with zero attached hydrogens (tertiary/aromatic N) is 2. The molecule has 0 radical (unpaired) electrons. The van der Waals surface area contributed by atoms with Gasteiger partial charge in [-0.25, -0.2) is 0 Å². The van der Waals surface area contributed by atoms with Crippen molar-refractivity contribution in [2.24, 2.45) is 0 Å². The van der Waals surface area contributed by atoms with Crippen molar-refractivity contribution in [2.75, 3.05) is 5.32 Å². The van der Waals surface area contributed by atoms with E-state index in [9.17, 15) is 20.2 Å². The lowest BCUT2D eigenvalue weighted by molar-refractivity contribution is -0.384. The van der Waals surface area contributed by atoms with Crippen molar-refractivity contribution >= 4 is 39.3 Å². The van der Waals surface area contributed by atoms with Gasteiger partial charge in [0.25, 0.3) is 5.69 Å². The summed E-state index contributed by atoms with van der Waals surface area (Å²) in [7, 11) is 0. The topological polar surface area (TPSA) is 98.3 Å². The molecule has 0 saturated carbocycles. The van der Waals surface area contributed by atoms with Gasteiger partial charge in [-0.1, -0.05) is 22.9 Å². The summed E-state index contributed by atoms with van der Waals surface area (Å²) in [6, 6.07) is 5.82. The van der Waals surface area contributed by atoms with Crippen LogP contribution in [0.15, 0.2) is 29.6 Å². The summed E-state index contributed by atoms with van der Waals surface area (Å²) in [6.45, 7) is 0.336. The molecule has 0 aliphatic heterocycles. The van der Waals surface area contributed by atoms with Crippen molar-refractivity contribution < 1.29 is 9.85 Å². The van der Waals surface area contributed by atoms with Gasteiger partial charge in [-0.05, 0) is 17.7 Å². The summed E-state index contributed by atoms with van der Waals surface area (Å²) in [5.74, 6) is 0. The average molecular weight is 314 g/mol. The smallest absolute Gasteiger partial charge is 0.324 e. The molecule has 0 saturated heterocycles. The fourth-order valence-corrected chi connectivity index (χ4v) is 2.43. The van der Waals surface area contributed by atoms with Crippen molar-refractivity contribution in [3.8, 4) is 0 Å². The van der Waals surface area contributed by atoms with Crippen molar-refractivity contribution in [1.82, 2.24) is 0 Å². The average Bonchev–Trinajstić information content (AvgIpc) is 2.86. The predicted molar refractivity (Wildman–Crippen MR) is 76.4 cm³/mol. The van der Waals surface area contributed by atoms with Gasteiger partial charge in [0.15, 0.2) is 0 Å². The largest absolute Gasteiger partial charge is 0.381 e. The van der Waals surface area contributed by atoms with Crippen LogP contribution in [0.3, 0.4) is 0 Å². The molecule has 0 unspecified atom stereocenters. The molecule has 20 heavy (non-hydrogen) atoms. The molecule has 2 rings (SSSR count). The maximum Gasteiger partial charge on any atom is 0.324 e. The molecule has 9 heteroatoms. The first kappa shape index (κ1) is 14.2. The minimum absolute atomic E-state index is 0.0592. The first-order valence-electron chi connectivity index (χ1n) is 5.37. The summed E-state index contributed by atoms with van der Waals surface area (Å²) >= 11 is 6.74. The number of thiophene rings is 1. The molecular formula is C11H8ClN3O4S. The summed E-state index contributed by atoms with van der Waals surface area (Å²) in [6.07, 6.45) is 0. The van der Waals surface area contributed by atoms with Gasteiger partial charge < -0.3 is 5.32 Å². The molecule has 0 atom stereocenters. The van der Waals surface area contributed by atoms with Crippen LogP contribution in [0, 0.1) is 20.2 Å². The summed E-state index contributed by atoms with van der Waals surface area (Å²) < 4.78 is 0. The fourth-order valence-electron chi connectivity index (χ4n) is 1.52. The second kappa shape index (κ2) is 5.85. The third kappa shape index (κ3) is 3.22. The maximum absolute atomic E-state index is 10.7. The molecule has 1 N–H and O–H groups in total. The molecule has 0 amide bonds. The highest BCUT2D eigenvalue weighted by Gasteiger charge is 2.13. The zero-order chi connectivity index (χ0) is 14.7. The Morgan fingerprint density at radius 1 is 1.20 bits per heavy atom. The zero-order valence-electron chi connectivity index (χ0n) is 9.91. The van der Waals surface area contributed by atoms with E-state index in [0.717, 1.165) is 16.9 Å². The van der Waals surface area contributed by atoms with Gasteiger partial charge in [0.2, 0.25) is 0 Å². The number of nitro benzene ring substituents is 1. The number of nitrogens with one attached hydrogen (secondary N) is 1. The Kier molecular flexibility index (Phi) is 4.16. The van der Waals surface area contributed by atoms with Gasteiger partial charge in [0.05, 0.1) is 9.85 Å². The number of halogens is 1. The van der Waals surface area contributed by atoms with E-state index in [0.29, 0.717) is 12.2 Å². The molecule has 0 fully saturated rings. The Bertz CT molecular complexity index is 673. The molecule has 1 aromatic carbocycles. The Balaban J connectivity index is 2.08. The molecule has 0 bridgehead atoms. The van der Waals surface area contributed by atoms with Crippen molar-refractivity contribution in [1.29, 1.82) is 0 Å². The van der Waals surface area contributed by atoms with Crippen molar-refractivity contribution in [3.05, 3.63) is 60.5 Å². The van der Waals surface area contributed by atoms with Crippen LogP contribution in [-0.4, -0.2) is 9.85 Å².